The minimum Gasteiger partial charge on any atom is -0.418 e. The molecule has 0 saturated carbocycles. The number of nitrogens with one attached hydrogen (secondary N) is 1. The smallest absolute Gasteiger partial charge is 0.372 e. The fraction of sp³-hybridized carbons (Fsp3) is 0.500. The molecule has 2 unspecified atom stereocenters. The van der Waals surface area contributed by atoms with E-state index in [-0.39, 0.29) is 18.3 Å². The molecule has 1 heterocycles. The summed E-state index contributed by atoms with van der Waals surface area (Å²) in [5.41, 5.74) is 0.668. The Morgan fingerprint density at radius 3 is 2.75 bits per heavy atom. The molecule has 2 N–H and O–H groups in total. The first kappa shape index (κ1) is 18.7. The molecule has 1 amide bonds. The fourth-order valence-corrected chi connectivity index (χ4v) is 2.88. The van der Waals surface area contributed by atoms with E-state index in [1.54, 1.807) is 18.2 Å². The zero-order chi connectivity index (χ0) is 17.6. The van der Waals surface area contributed by atoms with Crippen LogP contribution in [0.4, 0.5) is 4.79 Å². The van der Waals surface area contributed by atoms with Crippen LogP contribution in [-0.2, 0) is 20.1 Å². The molecular formula is C16H21NO6S. The average molecular weight is 355 g/mol. The van der Waals surface area contributed by atoms with Crippen LogP contribution in [0.25, 0.3) is 0 Å². The highest BCUT2D eigenvalue weighted by Crippen LogP contribution is 2.44. The van der Waals surface area contributed by atoms with Gasteiger partial charge in [-0.2, -0.15) is 0 Å². The van der Waals surface area contributed by atoms with E-state index < -0.39 is 17.1 Å². The number of rotatable bonds is 8. The van der Waals surface area contributed by atoms with E-state index in [1.807, 2.05) is 13.0 Å². The summed E-state index contributed by atoms with van der Waals surface area (Å²) in [6.07, 6.45) is 0. The summed E-state index contributed by atoms with van der Waals surface area (Å²) in [5, 5.41) is 11.2. The number of epoxide rings is 1. The van der Waals surface area contributed by atoms with Crippen LogP contribution < -0.4 is 10.1 Å². The minimum absolute atomic E-state index is 0.212. The number of amides is 1. The lowest BCUT2D eigenvalue weighted by molar-refractivity contribution is -0.119. The van der Waals surface area contributed by atoms with Crippen molar-refractivity contribution in [3.8, 4) is 5.75 Å². The lowest BCUT2D eigenvalue weighted by Gasteiger charge is -2.17. The van der Waals surface area contributed by atoms with Gasteiger partial charge in [0.05, 0.1) is 18.2 Å². The first-order valence-electron chi connectivity index (χ1n) is 7.60. The van der Waals surface area contributed by atoms with Crippen LogP contribution in [0.5, 0.6) is 5.75 Å². The van der Waals surface area contributed by atoms with E-state index in [0.717, 1.165) is 11.8 Å². The minimum atomic E-state index is -0.833. The molecule has 0 aromatic heterocycles. The van der Waals surface area contributed by atoms with Crippen molar-refractivity contribution in [2.75, 3.05) is 25.6 Å². The van der Waals surface area contributed by atoms with E-state index in [0.29, 0.717) is 24.5 Å². The van der Waals surface area contributed by atoms with Crippen LogP contribution >= 0.6 is 11.8 Å². The Kier molecular flexibility index (Phi) is 6.61. The number of benzene rings is 1. The normalized spacial score (nSPS) is 20.3. The Morgan fingerprint density at radius 2 is 2.17 bits per heavy atom. The summed E-state index contributed by atoms with van der Waals surface area (Å²) in [4.78, 5) is 23.0. The zero-order valence-corrected chi connectivity index (χ0v) is 14.4. The third-order valence-electron chi connectivity index (χ3n) is 3.30. The second kappa shape index (κ2) is 8.48. The highest BCUT2D eigenvalue weighted by atomic mass is 32.2. The topological polar surface area (TPSA) is 97.4 Å². The standard InChI is InChI=1S/C16H21NO6S/c1-3-21-16(10-22-16)13-6-4-5-7-14(13)23-15(20)24-9-12(8-18)17-11(2)19/h4-7,12,18H,3,8-10H2,1-2H3,(H,17,19). The van der Waals surface area contributed by atoms with Crippen molar-refractivity contribution < 1.29 is 28.9 Å². The molecular weight excluding hydrogens is 334 g/mol. The van der Waals surface area contributed by atoms with Gasteiger partial charge in [0, 0.05) is 19.3 Å². The summed E-state index contributed by atoms with van der Waals surface area (Å²) in [7, 11) is 0. The number of aliphatic hydroxyl groups excluding tert-OH is 1. The fourth-order valence-electron chi connectivity index (χ4n) is 2.20. The Bertz CT molecular complexity index is 590. The quantitative estimate of drug-likeness (QED) is 0.540. The molecule has 2 rings (SSSR count). The van der Waals surface area contributed by atoms with Crippen molar-refractivity contribution in [1.82, 2.24) is 5.32 Å². The first-order chi connectivity index (χ1) is 11.5. The molecule has 0 aliphatic carbocycles. The molecule has 24 heavy (non-hydrogen) atoms. The predicted molar refractivity (Wildman–Crippen MR) is 88.9 cm³/mol. The van der Waals surface area contributed by atoms with Gasteiger partial charge in [-0.25, -0.2) is 4.79 Å². The van der Waals surface area contributed by atoms with Crippen molar-refractivity contribution in [1.29, 1.82) is 0 Å². The van der Waals surface area contributed by atoms with Crippen LogP contribution in [0.15, 0.2) is 24.3 Å². The van der Waals surface area contributed by atoms with E-state index >= 15 is 0 Å². The Labute approximate surface area is 144 Å². The third kappa shape index (κ3) is 4.94. The van der Waals surface area contributed by atoms with Crippen molar-refractivity contribution in [2.24, 2.45) is 0 Å². The van der Waals surface area contributed by atoms with Gasteiger partial charge in [0.2, 0.25) is 11.7 Å². The molecule has 1 saturated heterocycles. The van der Waals surface area contributed by atoms with Crippen molar-refractivity contribution in [3.63, 3.8) is 0 Å². The molecule has 1 aliphatic rings. The molecule has 1 fully saturated rings. The second-order valence-electron chi connectivity index (χ2n) is 5.21. The molecule has 8 heteroatoms. The summed E-state index contributed by atoms with van der Waals surface area (Å²) in [6.45, 7) is 3.86. The summed E-state index contributed by atoms with van der Waals surface area (Å²) in [6, 6.07) is 6.54. The maximum atomic E-state index is 12.0. The molecule has 0 radical (unpaired) electrons. The summed E-state index contributed by atoms with van der Waals surface area (Å²) in [5.74, 6) is -0.511. The molecule has 1 aliphatic heterocycles. The van der Waals surface area contributed by atoms with Gasteiger partial charge in [-0.1, -0.05) is 12.1 Å². The van der Waals surface area contributed by atoms with Gasteiger partial charge in [0.25, 0.3) is 0 Å². The SMILES string of the molecule is CCOC1(c2ccccc2OC(=O)SCC(CO)NC(C)=O)CO1. The lowest BCUT2D eigenvalue weighted by atomic mass is 10.1. The largest absolute Gasteiger partial charge is 0.418 e. The van der Waals surface area contributed by atoms with Crippen molar-refractivity contribution in [2.45, 2.75) is 25.7 Å². The number of carbonyl (C=O) groups is 2. The molecule has 2 atom stereocenters. The van der Waals surface area contributed by atoms with Gasteiger partial charge in [-0.15, -0.1) is 0 Å². The number of hydrogen-bond donors (Lipinski definition) is 2. The second-order valence-corrected chi connectivity index (χ2v) is 6.17. The van der Waals surface area contributed by atoms with Gasteiger partial charge in [0.15, 0.2) is 0 Å². The van der Waals surface area contributed by atoms with E-state index in [2.05, 4.69) is 5.32 Å². The van der Waals surface area contributed by atoms with Crippen LogP contribution in [0.1, 0.15) is 19.4 Å². The lowest BCUT2D eigenvalue weighted by Crippen LogP contribution is -2.38. The van der Waals surface area contributed by atoms with Gasteiger partial charge in [-0.3, -0.25) is 4.79 Å². The number of hydrogen-bond acceptors (Lipinski definition) is 7. The van der Waals surface area contributed by atoms with Crippen molar-refractivity contribution in [3.05, 3.63) is 29.8 Å². The summed E-state index contributed by atoms with van der Waals surface area (Å²) < 4.78 is 16.4. The average Bonchev–Trinajstić information content (AvgIpc) is 3.32. The Balaban J connectivity index is 1.96. The van der Waals surface area contributed by atoms with Gasteiger partial charge in [0.1, 0.15) is 12.4 Å². The Hall–Kier alpha value is -1.61. The first-order valence-corrected chi connectivity index (χ1v) is 8.59. The highest BCUT2D eigenvalue weighted by Gasteiger charge is 2.50. The number of ether oxygens (including phenoxy) is 3. The molecule has 0 bridgehead atoms. The number of para-hydroxylation sites is 1. The number of thioether (sulfide) groups is 1. The molecule has 132 valence electrons. The van der Waals surface area contributed by atoms with Crippen LogP contribution in [0.2, 0.25) is 0 Å². The summed E-state index contributed by atoms with van der Waals surface area (Å²) >= 11 is 0.882. The molecule has 1 aromatic rings. The van der Waals surface area contributed by atoms with Crippen LogP contribution in [0, 0.1) is 0 Å². The monoisotopic (exact) mass is 355 g/mol. The number of carbonyl (C=O) groups excluding carboxylic acids is 2. The highest BCUT2D eigenvalue weighted by molar-refractivity contribution is 8.13. The van der Waals surface area contributed by atoms with Gasteiger partial charge in [-0.05, 0) is 30.8 Å². The molecule has 0 spiro atoms. The van der Waals surface area contributed by atoms with E-state index in [4.69, 9.17) is 14.2 Å². The molecule has 1 aromatic carbocycles. The molecule has 7 nitrogen and oxygen atoms in total. The Morgan fingerprint density at radius 1 is 1.46 bits per heavy atom. The predicted octanol–water partition coefficient (Wildman–Crippen LogP) is 1.64. The zero-order valence-electron chi connectivity index (χ0n) is 13.6. The third-order valence-corrected chi connectivity index (χ3v) is 4.19. The maximum absolute atomic E-state index is 12.0. The van der Waals surface area contributed by atoms with E-state index in [9.17, 15) is 14.7 Å². The van der Waals surface area contributed by atoms with Gasteiger partial charge < -0.3 is 24.6 Å². The van der Waals surface area contributed by atoms with Gasteiger partial charge >= 0.3 is 5.30 Å². The van der Waals surface area contributed by atoms with Crippen molar-refractivity contribution >= 4 is 23.0 Å². The van der Waals surface area contributed by atoms with Crippen LogP contribution in [-0.4, -0.2) is 47.9 Å². The van der Waals surface area contributed by atoms with E-state index in [1.165, 1.54) is 6.92 Å². The number of aliphatic hydroxyl groups is 1. The van der Waals surface area contributed by atoms with Crippen LogP contribution in [0.3, 0.4) is 0 Å². The maximum Gasteiger partial charge on any atom is 0.372 e.